The highest BCUT2D eigenvalue weighted by molar-refractivity contribution is 5.41. The quantitative estimate of drug-likeness (QED) is 0.524. The zero-order valence-electron chi connectivity index (χ0n) is 7.62. The minimum atomic E-state index is -1.09. The molecule has 1 aromatic rings. The lowest BCUT2D eigenvalue weighted by atomic mass is 9.97. The van der Waals surface area contributed by atoms with Gasteiger partial charge in [0, 0.05) is 12.1 Å². The molecule has 0 aliphatic carbocycles. The maximum atomic E-state index is 9.59. The predicted molar refractivity (Wildman–Crippen MR) is 54.0 cm³/mol. The predicted octanol–water partition coefficient (Wildman–Crippen LogP) is 1.20. The van der Waals surface area contributed by atoms with Gasteiger partial charge in [-0.25, -0.2) is 0 Å². The van der Waals surface area contributed by atoms with E-state index in [0.717, 1.165) is 5.56 Å². The first-order valence-corrected chi connectivity index (χ1v) is 4.08. The summed E-state index contributed by atoms with van der Waals surface area (Å²) in [7, 11) is 0. The van der Waals surface area contributed by atoms with Gasteiger partial charge in [-0.05, 0) is 24.6 Å². The van der Waals surface area contributed by atoms with Crippen LogP contribution in [0.25, 0.3) is 0 Å². The summed E-state index contributed by atoms with van der Waals surface area (Å²) in [5.41, 5.74) is 6.13. The Balaban J connectivity index is 2.82. The van der Waals surface area contributed by atoms with Gasteiger partial charge in [-0.15, -0.1) is 6.42 Å². The molecular formula is C11H13NO. The fourth-order valence-corrected chi connectivity index (χ4v) is 1.15. The monoisotopic (exact) mass is 175 g/mol. The first kappa shape index (κ1) is 9.63. The number of anilines is 1. The molecule has 0 aliphatic heterocycles. The molecule has 2 nitrogen and oxygen atoms in total. The molecule has 0 saturated carbocycles. The number of nitrogens with two attached hydrogens (primary N) is 1. The van der Waals surface area contributed by atoms with Crippen LogP contribution < -0.4 is 5.73 Å². The van der Waals surface area contributed by atoms with Gasteiger partial charge in [0.15, 0.2) is 0 Å². The molecule has 13 heavy (non-hydrogen) atoms. The minimum Gasteiger partial charge on any atom is -0.399 e. The van der Waals surface area contributed by atoms with Crippen molar-refractivity contribution >= 4 is 5.69 Å². The molecule has 0 saturated heterocycles. The summed E-state index contributed by atoms with van der Waals surface area (Å²) >= 11 is 0. The van der Waals surface area contributed by atoms with E-state index in [0.29, 0.717) is 12.1 Å². The SMILES string of the molecule is C#CC(C)(O)Cc1cccc(N)c1. The Bertz CT molecular complexity index is 336. The summed E-state index contributed by atoms with van der Waals surface area (Å²) in [6.07, 6.45) is 5.59. The summed E-state index contributed by atoms with van der Waals surface area (Å²) in [4.78, 5) is 0. The molecule has 1 rings (SSSR count). The van der Waals surface area contributed by atoms with Crippen LogP contribution in [0.5, 0.6) is 0 Å². The summed E-state index contributed by atoms with van der Waals surface area (Å²) in [5, 5.41) is 9.59. The van der Waals surface area contributed by atoms with Crippen LogP contribution in [0.15, 0.2) is 24.3 Å². The number of hydrogen-bond acceptors (Lipinski definition) is 2. The molecule has 0 amide bonds. The third kappa shape index (κ3) is 2.81. The van der Waals surface area contributed by atoms with Crippen LogP contribution in [0.4, 0.5) is 5.69 Å². The van der Waals surface area contributed by atoms with Crippen LogP contribution in [0.1, 0.15) is 12.5 Å². The molecule has 0 radical (unpaired) electrons. The third-order valence-electron chi connectivity index (χ3n) is 1.81. The van der Waals surface area contributed by atoms with E-state index in [1.807, 2.05) is 18.2 Å². The molecule has 0 fully saturated rings. The number of rotatable bonds is 2. The Hall–Kier alpha value is -1.46. The molecule has 0 bridgehead atoms. The smallest absolute Gasteiger partial charge is 0.126 e. The maximum absolute atomic E-state index is 9.59. The largest absolute Gasteiger partial charge is 0.399 e. The average molecular weight is 175 g/mol. The van der Waals surface area contributed by atoms with Crippen LogP contribution in [0, 0.1) is 12.3 Å². The second-order valence-corrected chi connectivity index (χ2v) is 3.34. The second kappa shape index (κ2) is 3.51. The summed E-state index contributed by atoms with van der Waals surface area (Å²) in [5.74, 6) is 2.32. The van der Waals surface area contributed by atoms with Crippen molar-refractivity contribution < 1.29 is 5.11 Å². The molecule has 1 atom stereocenters. The van der Waals surface area contributed by atoms with Gasteiger partial charge in [-0.1, -0.05) is 18.1 Å². The van der Waals surface area contributed by atoms with Crippen LogP contribution in [0.2, 0.25) is 0 Å². The van der Waals surface area contributed by atoms with Gasteiger partial charge in [0.25, 0.3) is 0 Å². The fraction of sp³-hybridized carbons (Fsp3) is 0.273. The summed E-state index contributed by atoms with van der Waals surface area (Å²) < 4.78 is 0. The standard InChI is InChI=1S/C11H13NO/c1-3-11(2,13)8-9-5-4-6-10(12)7-9/h1,4-7,13H,8,12H2,2H3. The first-order chi connectivity index (χ1) is 6.03. The number of benzene rings is 1. The van der Waals surface area contributed by atoms with Crippen LogP contribution in [0.3, 0.4) is 0 Å². The van der Waals surface area contributed by atoms with Crippen molar-refractivity contribution in [1.82, 2.24) is 0 Å². The highest BCUT2D eigenvalue weighted by atomic mass is 16.3. The van der Waals surface area contributed by atoms with Crippen molar-refractivity contribution in [2.45, 2.75) is 18.9 Å². The highest BCUT2D eigenvalue weighted by Gasteiger charge is 2.16. The molecule has 0 spiro atoms. The summed E-state index contributed by atoms with van der Waals surface area (Å²) in [6, 6.07) is 7.35. The van der Waals surface area contributed by atoms with Crippen molar-refractivity contribution in [3.05, 3.63) is 29.8 Å². The normalized spacial score (nSPS) is 14.5. The van der Waals surface area contributed by atoms with E-state index in [2.05, 4.69) is 5.92 Å². The molecule has 68 valence electrons. The Kier molecular flexibility index (Phi) is 2.60. The van der Waals surface area contributed by atoms with E-state index in [1.54, 1.807) is 13.0 Å². The molecular weight excluding hydrogens is 162 g/mol. The van der Waals surface area contributed by atoms with Gasteiger partial charge in [-0.2, -0.15) is 0 Å². The van der Waals surface area contributed by atoms with E-state index in [-0.39, 0.29) is 0 Å². The second-order valence-electron chi connectivity index (χ2n) is 3.34. The molecule has 0 aromatic heterocycles. The average Bonchev–Trinajstić information content (AvgIpc) is 2.03. The molecule has 0 heterocycles. The molecule has 0 aliphatic rings. The Morgan fingerprint density at radius 3 is 2.85 bits per heavy atom. The van der Waals surface area contributed by atoms with E-state index in [4.69, 9.17) is 12.2 Å². The minimum absolute atomic E-state index is 0.425. The van der Waals surface area contributed by atoms with Crippen molar-refractivity contribution in [3.8, 4) is 12.3 Å². The maximum Gasteiger partial charge on any atom is 0.126 e. The fourth-order valence-electron chi connectivity index (χ4n) is 1.15. The Morgan fingerprint density at radius 1 is 1.62 bits per heavy atom. The highest BCUT2D eigenvalue weighted by Crippen LogP contribution is 2.14. The lowest BCUT2D eigenvalue weighted by molar-refractivity contribution is 0.123. The number of terminal acetylenes is 1. The van der Waals surface area contributed by atoms with Gasteiger partial charge in [0.05, 0.1) is 0 Å². The molecule has 1 aromatic carbocycles. The van der Waals surface area contributed by atoms with Crippen LogP contribution >= 0.6 is 0 Å². The van der Waals surface area contributed by atoms with E-state index < -0.39 is 5.60 Å². The number of hydrogen-bond donors (Lipinski definition) is 2. The van der Waals surface area contributed by atoms with E-state index in [9.17, 15) is 5.11 Å². The van der Waals surface area contributed by atoms with Gasteiger partial charge in [-0.3, -0.25) is 0 Å². The lowest BCUT2D eigenvalue weighted by Crippen LogP contribution is -2.24. The van der Waals surface area contributed by atoms with Gasteiger partial charge in [0.2, 0.25) is 0 Å². The zero-order valence-corrected chi connectivity index (χ0v) is 7.62. The van der Waals surface area contributed by atoms with Gasteiger partial charge >= 0.3 is 0 Å². The van der Waals surface area contributed by atoms with Crippen molar-refractivity contribution in [3.63, 3.8) is 0 Å². The van der Waals surface area contributed by atoms with E-state index in [1.165, 1.54) is 0 Å². The van der Waals surface area contributed by atoms with Crippen LogP contribution in [-0.4, -0.2) is 10.7 Å². The first-order valence-electron chi connectivity index (χ1n) is 4.08. The van der Waals surface area contributed by atoms with Crippen LogP contribution in [-0.2, 0) is 6.42 Å². The number of nitrogen functional groups attached to an aromatic ring is 1. The van der Waals surface area contributed by atoms with Crippen molar-refractivity contribution in [2.75, 3.05) is 5.73 Å². The molecule has 3 N–H and O–H groups in total. The Labute approximate surface area is 78.4 Å². The Morgan fingerprint density at radius 2 is 2.31 bits per heavy atom. The molecule has 1 unspecified atom stereocenters. The van der Waals surface area contributed by atoms with Gasteiger partial charge in [0.1, 0.15) is 5.60 Å². The van der Waals surface area contributed by atoms with Gasteiger partial charge < -0.3 is 10.8 Å². The molecule has 2 heteroatoms. The van der Waals surface area contributed by atoms with Crippen molar-refractivity contribution in [2.24, 2.45) is 0 Å². The third-order valence-corrected chi connectivity index (χ3v) is 1.81. The number of aliphatic hydroxyl groups is 1. The summed E-state index contributed by atoms with van der Waals surface area (Å²) in [6.45, 7) is 1.61. The lowest BCUT2D eigenvalue weighted by Gasteiger charge is -2.15. The van der Waals surface area contributed by atoms with E-state index >= 15 is 0 Å². The van der Waals surface area contributed by atoms with Crippen molar-refractivity contribution in [1.29, 1.82) is 0 Å². The topological polar surface area (TPSA) is 46.2 Å². The zero-order chi connectivity index (χ0) is 9.90.